The Morgan fingerprint density at radius 3 is 2.89 bits per heavy atom. The number of ether oxygens (including phenoxy) is 1. The molecule has 0 aliphatic heterocycles. The van der Waals surface area contributed by atoms with Crippen molar-refractivity contribution in [2.24, 2.45) is 0 Å². The Kier molecular flexibility index (Phi) is 3.71. The first-order chi connectivity index (χ1) is 8.63. The molecule has 2 aromatic rings. The minimum Gasteiger partial charge on any atom is -0.475 e. The molecule has 0 atom stereocenters. The van der Waals surface area contributed by atoms with E-state index < -0.39 is 0 Å². The third-order valence-corrected chi connectivity index (χ3v) is 2.07. The monoisotopic (exact) mass is 248 g/mol. The van der Waals surface area contributed by atoms with E-state index in [1.165, 1.54) is 6.33 Å². The molecule has 2 N–H and O–H groups in total. The van der Waals surface area contributed by atoms with Crippen LogP contribution in [0.2, 0.25) is 0 Å². The van der Waals surface area contributed by atoms with Crippen LogP contribution in [0.25, 0.3) is 0 Å². The van der Waals surface area contributed by atoms with Crippen molar-refractivity contribution in [3.63, 3.8) is 0 Å². The summed E-state index contributed by atoms with van der Waals surface area (Å²) >= 11 is 0. The van der Waals surface area contributed by atoms with Gasteiger partial charge in [0.25, 0.3) is 0 Å². The maximum Gasteiger partial charge on any atom is 0.226 e. The van der Waals surface area contributed by atoms with Crippen molar-refractivity contribution in [3.05, 3.63) is 23.9 Å². The lowest BCUT2D eigenvalue weighted by atomic mass is 10.4. The minimum absolute atomic E-state index is 0.0847. The molecule has 0 aliphatic rings. The summed E-state index contributed by atoms with van der Waals surface area (Å²) in [6.45, 7) is 6.30. The molecular weight excluding hydrogens is 232 g/mol. The predicted molar refractivity (Wildman–Crippen MR) is 66.2 cm³/mol. The van der Waals surface area contributed by atoms with Crippen molar-refractivity contribution >= 4 is 5.95 Å². The van der Waals surface area contributed by atoms with Crippen molar-refractivity contribution in [1.29, 1.82) is 0 Å². The molecule has 0 saturated carbocycles. The van der Waals surface area contributed by atoms with Gasteiger partial charge in [0.2, 0.25) is 11.8 Å². The minimum atomic E-state index is 0.0847. The Balaban J connectivity index is 2.05. The van der Waals surface area contributed by atoms with E-state index in [0.717, 1.165) is 11.5 Å². The van der Waals surface area contributed by atoms with Gasteiger partial charge in [-0.05, 0) is 20.8 Å². The molecule has 0 amide bonds. The summed E-state index contributed by atoms with van der Waals surface area (Å²) in [7, 11) is 0. The third-order valence-electron chi connectivity index (χ3n) is 2.07. The molecule has 0 spiro atoms. The van der Waals surface area contributed by atoms with Gasteiger partial charge < -0.3 is 10.1 Å². The summed E-state index contributed by atoms with van der Waals surface area (Å²) < 4.78 is 5.55. The first-order valence-corrected chi connectivity index (χ1v) is 5.74. The first-order valence-electron chi connectivity index (χ1n) is 5.74. The smallest absolute Gasteiger partial charge is 0.226 e. The quantitative estimate of drug-likeness (QED) is 0.829. The van der Waals surface area contributed by atoms with Gasteiger partial charge >= 0.3 is 0 Å². The lowest BCUT2D eigenvalue weighted by molar-refractivity contribution is 0.232. The van der Waals surface area contributed by atoms with E-state index in [4.69, 9.17) is 4.74 Å². The first kappa shape index (κ1) is 12.3. The molecule has 18 heavy (non-hydrogen) atoms. The van der Waals surface area contributed by atoms with E-state index in [1.807, 2.05) is 20.8 Å². The zero-order valence-electron chi connectivity index (χ0n) is 10.6. The number of aromatic nitrogens is 5. The highest BCUT2D eigenvalue weighted by molar-refractivity contribution is 5.30. The van der Waals surface area contributed by atoms with Crippen molar-refractivity contribution < 1.29 is 4.74 Å². The van der Waals surface area contributed by atoms with E-state index in [0.29, 0.717) is 18.4 Å². The van der Waals surface area contributed by atoms with Gasteiger partial charge in [0, 0.05) is 11.8 Å². The van der Waals surface area contributed by atoms with Crippen molar-refractivity contribution in [2.75, 3.05) is 5.32 Å². The molecular formula is C11H16N6O. The zero-order chi connectivity index (χ0) is 13.0. The Bertz CT molecular complexity index is 496. The molecule has 2 aromatic heterocycles. The lowest BCUT2D eigenvalue weighted by Gasteiger charge is -2.10. The molecule has 0 bridgehead atoms. The Morgan fingerprint density at radius 1 is 1.39 bits per heavy atom. The van der Waals surface area contributed by atoms with E-state index in [-0.39, 0.29) is 6.10 Å². The average molecular weight is 248 g/mol. The second kappa shape index (κ2) is 5.44. The third kappa shape index (κ3) is 3.41. The molecule has 96 valence electrons. The van der Waals surface area contributed by atoms with Crippen molar-refractivity contribution in [3.8, 4) is 5.88 Å². The summed E-state index contributed by atoms with van der Waals surface area (Å²) in [5.74, 6) is 1.81. The van der Waals surface area contributed by atoms with Crippen LogP contribution >= 0.6 is 0 Å². The summed E-state index contributed by atoms with van der Waals surface area (Å²) in [5, 5.41) is 9.59. The van der Waals surface area contributed by atoms with E-state index in [1.54, 1.807) is 6.07 Å². The molecule has 0 aliphatic carbocycles. The molecule has 2 rings (SSSR count). The number of anilines is 1. The summed E-state index contributed by atoms with van der Waals surface area (Å²) in [6, 6.07) is 1.81. The number of nitrogens with zero attached hydrogens (tertiary/aromatic N) is 4. The predicted octanol–water partition coefficient (Wildman–Crippen LogP) is 1.30. The maximum absolute atomic E-state index is 5.55. The van der Waals surface area contributed by atoms with Gasteiger partial charge in [-0.1, -0.05) is 0 Å². The highest BCUT2D eigenvalue weighted by Gasteiger charge is 2.05. The summed E-state index contributed by atoms with van der Waals surface area (Å²) in [6.07, 6.45) is 1.54. The van der Waals surface area contributed by atoms with Crippen LogP contribution in [0.1, 0.15) is 25.4 Å². The van der Waals surface area contributed by atoms with Crippen LogP contribution < -0.4 is 10.1 Å². The SMILES string of the molecule is Cc1cc(OC(C)C)nc(NCc2ncn[nH]2)n1. The number of aryl methyl sites for hydroxylation is 1. The van der Waals surface area contributed by atoms with Gasteiger partial charge in [-0.3, -0.25) is 5.10 Å². The maximum atomic E-state index is 5.55. The van der Waals surface area contributed by atoms with Crippen LogP contribution in [0, 0.1) is 6.92 Å². The normalized spacial score (nSPS) is 10.7. The van der Waals surface area contributed by atoms with Crippen LogP contribution in [0.5, 0.6) is 5.88 Å². The number of nitrogens with one attached hydrogen (secondary N) is 2. The zero-order valence-corrected chi connectivity index (χ0v) is 10.6. The van der Waals surface area contributed by atoms with Crippen LogP contribution in [0.15, 0.2) is 12.4 Å². The largest absolute Gasteiger partial charge is 0.475 e. The van der Waals surface area contributed by atoms with Crippen LogP contribution in [0.3, 0.4) is 0 Å². The van der Waals surface area contributed by atoms with Crippen molar-refractivity contribution in [1.82, 2.24) is 25.1 Å². The molecule has 0 saturated heterocycles. The second-order valence-corrected chi connectivity index (χ2v) is 4.12. The number of H-pyrrole nitrogens is 1. The van der Waals surface area contributed by atoms with Gasteiger partial charge in [0.15, 0.2) is 0 Å². The fourth-order valence-electron chi connectivity index (χ4n) is 1.40. The highest BCUT2D eigenvalue weighted by atomic mass is 16.5. The average Bonchev–Trinajstić information content (AvgIpc) is 2.77. The van der Waals surface area contributed by atoms with E-state index in [2.05, 4.69) is 30.5 Å². The van der Waals surface area contributed by atoms with Crippen molar-refractivity contribution in [2.45, 2.75) is 33.4 Å². The van der Waals surface area contributed by atoms with Gasteiger partial charge in [0.1, 0.15) is 12.2 Å². The molecule has 7 heteroatoms. The van der Waals surface area contributed by atoms with Crippen LogP contribution in [-0.2, 0) is 6.54 Å². The Labute approximate surface area is 105 Å². The Morgan fingerprint density at radius 2 is 2.22 bits per heavy atom. The molecule has 7 nitrogen and oxygen atoms in total. The molecule has 0 radical (unpaired) electrons. The number of hydrogen-bond acceptors (Lipinski definition) is 6. The molecule has 0 fully saturated rings. The number of rotatable bonds is 5. The fourth-order valence-corrected chi connectivity index (χ4v) is 1.40. The van der Waals surface area contributed by atoms with Crippen LogP contribution in [-0.4, -0.2) is 31.3 Å². The standard InChI is InChI=1S/C11H16N6O/c1-7(2)18-10-4-8(3)15-11(16-10)12-5-9-13-6-14-17-9/h4,6-7H,5H2,1-3H3,(H,12,15,16)(H,13,14,17). The highest BCUT2D eigenvalue weighted by Crippen LogP contribution is 2.13. The fraction of sp³-hybridized carbons (Fsp3) is 0.455. The molecule has 2 heterocycles. The number of hydrogen-bond donors (Lipinski definition) is 2. The molecule has 0 unspecified atom stereocenters. The molecule has 0 aromatic carbocycles. The van der Waals surface area contributed by atoms with E-state index >= 15 is 0 Å². The Hall–Kier alpha value is -2.18. The second-order valence-electron chi connectivity index (χ2n) is 4.12. The topological polar surface area (TPSA) is 88.6 Å². The summed E-state index contributed by atoms with van der Waals surface area (Å²) in [4.78, 5) is 12.6. The van der Waals surface area contributed by atoms with Crippen LogP contribution in [0.4, 0.5) is 5.95 Å². The van der Waals surface area contributed by atoms with Gasteiger partial charge in [-0.2, -0.15) is 10.1 Å². The summed E-state index contributed by atoms with van der Waals surface area (Å²) in [5.41, 5.74) is 0.848. The number of aromatic amines is 1. The van der Waals surface area contributed by atoms with Gasteiger partial charge in [-0.25, -0.2) is 9.97 Å². The van der Waals surface area contributed by atoms with E-state index in [9.17, 15) is 0 Å². The van der Waals surface area contributed by atoms with Gasteiger partial charge in [0.05, 0.1) is 12.6 Å². The van der Waals surface area contributed by atoms with Gasteiger partial charge in [-0.15, -0.1) is 0 Å². The lowest BCUT2D eigenvalue weighted by Crippen LogP contribution is -2.10.